The van der Waals surface area contributed by atoms with E-state index < -0.39 is 11.1 Å². The van der Waals surface area contributed by atoms with Gasteiger partial charge in [0, 0.05) is 18.3 Å². The number of aromatic nitrogens is 2. The molecule has 1 N–H and O–H groups in total. The SMILES string of the molecule is CCc1cn(CCC(C)(C)C#N)c(=O)[nH]c1=O. The van der Waals surface area contributed by atoms with Crippen molar-refractivity contribution >= 4 is 0 Å². The molecule has 0 aliphatic heterocycles. The Kier molecular flexibility index (Phi) is 3.89. The average Bonchev–Trinajstić information content (AvgIpc) is 2.28. The summed E-state index contributed by atoms with van der Waals surface area (Å²) in [5.74, 6) is 0. The summed E-state index contributed by atoms with van der Waals surface area (Å²) in [4.78, 5) is 25.2. The van der Waals surface area contributed by atoms with Gasteiger partial charge in [-0.05, 0) is 26.7 Å². The summed E-state index contributed by atoms with van der Waals surface area (Å²) in [5.41, 5.74) is -0.629. The number of aromatic amines is 1. The maximum Gasteiger partial charge on any atom is 0.328 e. The molecule has 0 atom stereocenters. The van der Waals surface area contributed by atoms with Crippen molar-refractivity contribution in [3.63, 3.8) is 0 Å². The lowest BCUT2D eigenvalue weighted by Gasteiger charge is -2.15. The molecule has 5 nitrogen and oxygen atoms in total. The third-order valence-corrected chi connectivity index (χ3v) is 2.75. The fraction of sp³-hybridized carbons (Fsp3) is 0.583. The molecule has 0 fully saturated rings. The number of H-pyrrole nitrogens is 1. The van der Waals surface area contributed by atoms with E-state index in [0.29, 0.717) is 24.9 Å². The highest BCUT2D eigenvalue weighted by Gasteiger charge is 2.16. The normalized spacial score (nSPS) is 11.2. The molecule has 0 radical (unpaired) electrons. The molecule has 0 spiro atoms. The number of hydrogen-bond acceptors (Lipinski definition) is 3. The Morgan fingerprint density at radius 3 is 2.65 bits per heavy atom. The quantitative estimate of drug-likeness (QED) is 0.846. The van der Waals surface area contributed by atoms with Crippen molar-refractivity contribution in [1.29, 1.82) is 5.26 Å². The van der Waals surface area contributed by atoms with E-state index in [1.807, 2.05) is 20.8 Å². The fourth-order valence-electron chi connectivity index (χ4n) is 1.43. The van der Waals surface area contributed by atoms with Crippen LogP contribution in [-0.2, 0) is 13.0 Å². The zero-order chi connectivity index (χ0) is 13.1. The van der Waals surface area contributed by atoms with Crippen LogP contribution in [0.5, 0.6) is 0 Å². The fourth-order valence-corrected chi connectivity index (χ4v) is 1.43. The van der Waals surface area contributed by atoms with Gasteiger partial charge in [0.2, 0.25) is 0 Å². The van der Waals surface area contributed by atoms with Crippen LogP contribution in [0.25, 0.3) is 0 Å². The summed E-state index contributed by atoms with van der Waals surface area (Å²) in [6.07, 6.45) is 2.73. The lowest BCUT2D eigenvalue weighted by atomic mass is 9.91. The van der Waals surface area contributed by atoms with E-state index in [-0.39, 0.29) is 5.56 Å². The van der Waals surface area contributed by atoms with Crippen molar-refractivity contribution in [2.75, 3.05) is 0 Å². The van der Waals surface area contributed by atoms with Crippen molar-refractivity contribution in [2.24, 2.45) is 5.41 Å². The van der Waals surface area contributed by atoms with E-state index in [9.17, 15) is 9.59 Å². The monoisotopic (exact) mass is 235 g/mol. The molecule has 5 heteroatoms. The minimum absolute atomic E-state index is 0.326. The molecule has 0 bridgehead atoms. The Balaban J connectivity index is 2.97. The van der Waals surface area contributed by atoms with Gasteiger partial charge >= 0.3 is 5.69 Å². The third kappa shape index (κ3) is 3.31. The van der Waals surface area contributed by atoms with Crippen LogP contribution >= 0.6 is 0 Å². The number of hydrogen-bond donors (Lipinski definition) is 1. The first-order chi connectivity index (χ1) is 7.89. The maximum atomic E-state index is 11.5. The van der Waals surface area contributed by atoms with Crippen LogP contribution in [0.4, 0.5) is 0 Å². The molecule has 0 aromatic carbocycles. The molecule has 0 unspecified atom stereocenters. The summed E-state index contributed by atoms with van der Waals surface area (Å²) in [6, 6.07) is 2.18. The van der Waals surface area contributed by atoms with Crippen molar-refractivity contribution in [3.05, 3.63) is 32.6 Å². The van der Waals surface area contributed by atoms with Gasteiger partial charge in [-0.1, -0.05) is 6.92 Å². The van der Waals surface area contributed by atoms with Crippen LogP contribution in [0.15, 0.2) is 15.8 Å². The topological polar surface area (TPSA) is 78.7 Å². The first-order valence-electron chi connectivity index (χ1n) is 5.63. The van der Waals surface area contributed by atoms with Crippen LogP contribution in [0.3, 0.4) is 0 Å². The van der Waals surface area contributed by atoms with Gasteiger partial charge in [-0.15, -0.1) is 0 Å². The Bertz CT molecular complexity index is 546. The summed E-state index contributed by atoms with van der Waals surface area (Å²) < 4.78 is 1.46. The number of nitrogens with zero attached hydrogens (tertiary/aromatic N) is 2. The molecular formula is C12H17N3O2. The van der Waals surface area contributed by atoms with Gasteiger partial charge < -0.3 is 4.57 Å². The summed E-state index contributed by atoms with van der Waals surface area (Å²) in [7, 11) is 0. The Morgan fingerprint density at radius 2 is 2.12 bits per heavy atom. The molecule has 17 heavy (non-hydrogen) atoms. The molecule has 0 aliphatic rings. The molecule has 0 aliphatic carbocycles. The van der Waals surface area contributed by atoms with E-state index in [4.69, 9.17) is 5.26 Å². The predicted octanol–water partition coefficient (Wildman–Crippen LogP) is 1.04. The predicted molar refractivity (Wildman–Crippen MR) is 64.7 cm³/mol. The number of rotatable bonds is 4. The van der Waals surface area contributed by atoms with Gasteiger partial charge in [0.15, 0.2) is 0 Å². The highest BCUT2D eigenvalue weighted by Crippen LogP contribution is 2.18. The van der Waals surface area contributed by atoms with E-state index in [0.717, 1.165) is 0 Å². The van der Waals surface area contributed by atoms with E-state index in [1.54, 1.807) is 6.20 Å². The summed E-state index contributed by atoms with van der Waals surface area (Å²) >= 11 is 0. The minimum Gasteiger partial charge on any atom is -0.300 e. The van der Waals surface area contributed by atoms with Crippen molar-refractivity contribution in [3.8, 4) is 6.07 Å². The van der Waals surface area contributed by atoms with Gasteiger partial charge in [0.1, 0.15) is 0 Å². The van der Waals surface area contributed by atoms with Crippen LogP contribution in [0.1, 0.15) is 32.8 Å². The summed E-state index contributed by atoms with van der Waals surface area (Å²) in [6.45, 7) is 5.94. The second-order valence-electron chi connectivity index (χ2n) is 4.71. The molecule has 0 amide bonds. The van der Waals surface area contributed by atoms with Gasteiger partial charge in [0.25, 0.3) is 5.56 Å². The van der Waals surface area contributed by atoms with Crippen LogP contribution in [0, 0.1) is 16.7 Å². The zero-order valence-corrected chi connectivity index (χ0v) is 10.4. The number of nitrogens with one attached hydrogen (secondary N) is 1. The Labute approximate surface area is 99.7 Å². The molecule has 92 valence electrons. The second-order valence-corrected chi connectivity index (χ2v) is 4.71. The third-order valence-electron chi connectivity index (χ3n) is 2.75. The van der Waals surface area contributed by atoms with Gasteiger partial charge in [-0.25, -0.2) is 4.79 Å². The molecule has 0 saturated heterocycles. The largest absolute Gasteiger partial charge is 0.328 e. The lowest BCUT2D eigenvalue weighted by Crippen LogP contribution is -2.32. The van der Waals surface area contributed by atoms with Crippen LogP contribution in [0.2, 0.25) is 0 Å². The van der Waals surface area contributed by atoms with Crippen molar-refractivity contribution in [2.45, 2.75) is 40.2 Å². The van der Waals surface area contributed by atoms with Crippen molar-refractivity contribution in [1.82, 2.24) is 9.55 Å². The standard InChI is InChI=1S/C12H17N3O2/c1-4-9-7-15(11(17)14-10(9)16)6-5-12(2,3)8-13/h7H,4-6H2,1-3H3,(H,14,16,17). The van der Waals surface area contributed by atoms with Crippen LogP contribution in [-0.4, -0.2) is 9.55 Å². The Morgan fingerprint density at radius 1 is 1.47 bits per heavy atom. The zero-order valence-electron chi connectivity index (χ0n) is 10.4. The van der Waals surface area contributed by atoms with Crippen LogP contribution < -0.4 is 11.2 Å². The highest BCUT2D eigenvalue weighted by atomic mass is 16.2. The first kappa shape index (κ1) is 13.2. The number of nitriles is 1. The van der Waals surface area contributed by atoms with E-state index >= 15 is 0 Å². The van der Waals surface area contributed by atoms with Crippen molar-refractivity contribution < 1.29 is 0 Å². The van der Waals surface area contributed by atoms with Gasteiger partial charge in [-0.3, -0.25) is 9.78 Å². The molecule has 1 heterocycles. The first-order valence-corrected chi connectivity index (χ1v) is 5.63. The smallest absolute Gasteiger partial charge is 0.300 e. The van der Waals surface area contributed by atoms with E-state index in [1.165, 1.54) is 4.57 Å². The van der Waals surface area contributed by atoms with Gasteiger partial charge in [-0.2, -0.15) is 5.26 Å². The Hall–Kier alpha value is -1.83. The average molecular weight is 235 g/mol. The second kappa shape index (κ2) is 5.00. The molecular weight excluding hydrogens is 218 g/mol. The molecule has 0 saturated carbocycles. The molecule has 1 rings (SSSR count). The van der Waals surface area contributed by atoms with Gasteiger partial charge in [0.05, 0.1) is 11.5 Å². The van der Waals surface area contributed by atoms with E-state index in [2.05, 4.69) is 11.1 Å². The minimum atomic E-state index is -0.470. The highest BCUT2D eigenvalue weighted by molar-refractivity contribution is 5.04. The molecule has 1 aromatic rings. The molecule has 1 aromatic heterocycles. The maximum absolute atomic E-state index is 11.5. The summed E-state index contributed by atoms with van der Waals surface area (Å²) in [5, 5.41) is 8.89. The number of aryl methyl sites for hydroxylation is 2. The lowest BCUT2D eigenvalue weighted by molar-refractivity contribution is 0.406.